The summed E-state index contributed by atoms with van der Waals surface area (Å²) in [7, 11) is 0. The van der Waals surface area contributed by atoms with Crippen molar-refractivity contribution < 1.29 is 5.11 Å². The van der Waals surface area contributed by atoms with E-state index in [0.717, 1.165) is 38.8 Å². The van der Waals surface area contributed by atoms with Gasteiger partial charge in [-0.25, -0.2) is 0 Å². The van der Waals surface area contributed by atoms with Gasteiger partial charge in [-0.1, -0.05) is 6.42 Å². The summed E-state index contributed by atoms with van der Waals surface area (Å²) in [6.07, 6.45) is 5.22. The van der Waals surface area contributed by atoms with Crippen molar-refractivity contribution in [1.82, 2.24) is 4.90 Å². The molecule has 78 valence electrons. The molecule has 2 fully saturated rings. The van der Waals surface area contributed by atoms with E-state index in [1.54, 1.807) is 0 Å². The van der Waals surface area contributed by atoms with Gasteiger partial charge in [-0.2, -0.15) is 5.26 Å². The molecule has 0 amide bonds. The minimum absolute atomic E-state index is 0.163. The molecule has 1 aliphatic carbocycles. The summed E-state index contributed by atoms with van der Waals surface area (Å²) >= 11 is 0. The molecule has 2 rings (SSSR count). The Bertz CT molecular complexity index is 236. The number of nitriles is 1. The number of nitrogens with zero attached hydrogens (tertiary/aromatic N) is 2. The molecule has 3 nitrogen and oxygen atoms in total. The standard InChI is InChI=1S/C11H18N2O/c12-7-9-3-1-5-11(9)13-6-2-4-10(14)8-13/h9-11,14H,1-6,8H2. The second-order valence-corrected chi connectivity index (χ2v) is 4.52. The predicted octanol–water partition coefficient (Wildman–Crippen LogP) is 1.14. The maximum atomic E-state index is 9.57. The largest absolute Gasteiger partial charge is 0.392 e. The SMILES string of the molecule is N#CC1CCCC1N1CCCC(O)C1. The Balaban J connectivity index is 1.96. The van der Waals surface area contributed by atoms with Crippen LogP contribution < -0.4 is 0 Å². The summed E-state index contributed by atoms with van der Waals surface area (Å²) in [5.74, 6) is 0.209. The number of piperidine rings is 1. The zero-order valence-electron chi connectivity index (χ0n) is 8.52. The van der Waals surface area contributed by atoms with Gasteiger partial charge in [-0.05, 0) is 32.2 Å². The van der Waals surface area contributed by atoms with Crippen LogP contribution in [-0.2, 0) is 0 Å². The zero-order valence-corrected chi connectivity index (χ0v) is 8.52. The van der Waals surface area contributed by atoms with E-state index < -0.39 is 0 Å². The van der Waals surface area contributed by atoms with Crippen LogP contribution >= 0.6 is 0 Å². The van der Waals surface area contributed by atoms with Crippen molar-refractivity contribution in [1.29, 1.82) is 5.26 Å². The molecule has 1 N–H and O–H groups in total. The molecule has 0 aromatic heterocycles. The van der Waals surface area contributed by atoms with Gasteiger partial charge in [-0.15, -0.1) is 0 Å². The van der Waals surface area contributed by atoms with Crippen molar-refractivity contribution in [3.63, 3.8) is 0 Å². The highest BCUT2D eigenvalue weighted by molar-refractivity contribution is 4.98. The lowest BCUT2D eigenvalue weighted by molar-refractivity contribution is 0.0416. The zero-order chi connectivity index (χ0) is 9.97. The predicted molar refractivity (Wildman–Crippen MR) is 53.6 cm³/mol. The number of β-amino-alcohol motifs (C(OH)–C–C–N with tert-alkyl or cyclic N) is 1. The molecule has 14 heavy (non-hydrogen) atoms. The van der Waals surface area contributed by atoms with Crippen molar-refractivity contribution in [2.75, 3.05) is 13.1 Å². The Labute approximate surface area is 85.3 Å². The first-order valence-electron chi connectivity index (χ1n) is 5.63. The van der Waals surface area contributed by atoms with Gasteiger partial charge in [0.2, 0.25) is 0 Å². The van der Waals surface area contributed by atoms with E-state index in [0.29, 0.717) is 6.04 Å². The molecule has 0 radical (unpaired) electrons. The van der Waals surface area contributed by atoms with E-state index in [1.807, 2.05) is 0 Å². The first-order valence-corrected chi connectivity index (χ1v) is 5.63. The van der Waals surface area contributed by atoms with Crippen LogP contribution in [0.15, 0.2) is 0 Å². The molecule has 3 heteroatoms. The number of likely N-dealkylation sites (tertiary alicyclic amines) is 1. The minimum atomic E-state index is -0.163. The molecule has 3 unspecified atom stereocenters. The lowest BCUT2D eigenvalue weighted by atomic mass is 10.00. The van der Waals surface area contributed by atoms with Crippen LogP contribution in [0, 0.1) is 17.2 Å². The summed E-state index contributed by atoms with van der Waals surface area (Å²) in [5.41, 5.74) is 0. The van der Waals surface area contributed by atoms with Gasteiger partial charge < -0.3 is 5.11 Å². The lowest BCUT2D eigenvalue weighted by Crippen LogP contribution is -2.45. The summed E-state index contributed by atoms with van der Waals surface area (Å²) in [5, 5.41) is 18.6. The van der Waals surface area contributed by atoms with Crippen LogP contribution in [0.4, 0.5) is 0 Å². The minimum Gasteiger partial charge on any atom is -0.392 e. The van der Waals surface area contributed by atoms with E-state index in [1.165, 1.54) is 6.42 Å². The normalized spacial score (nSPS) is 39.6. The average molecular weight is 194 g/mol. The summed E-state index contributed by atoms with van der Waals surface area (Å²) < 4.78 is 0. The second-order valence-electron chi connectivity index (χ2n) is 4.52. The maximum Gasteiger partial charge on any atom is 0.0672 e. The van der Waals surface area contributed by atoms with Crippen molar-refractivity contribution in [3.05, 3.63) is 0 Å². The average Bonchev–Trinajstić information content (AvgIpc) is 2.65. The van der Waals surface area contributed by atoms with Gasteiger partial charge in [0.1, 0.15) is 0 Å². The monoisotopic (exact) mass is 194 g/mol. The van der Waals surface area contributed by atoms with Crippen molar-refractivity contribution in [2.24, 2.45) is 5.92 Å². The molecule has 0 aromatic rings. The lowest BCUT2D eigenvalue weighted by Gasteiger charge is -2.36. The first-order chi connectivity index (χ1) is 6.81. The van der Waals surface area contributed by atoms with E-state index in [-0.39, 0.29) is 12.0 Å². The quantitative estimate of drug-likeness (QED) is 0.681. The molecule has 1 heterocycles. The fourth-order valence-corrected chi connectivity index (χ4v) is 2.81. The molecular weight excluding hydrogens is 176 g/mol. The van der Waals surface area contributed by atoms with Crippen LogP contribution in [0.3, 0.4) is 0 Å². The van der Waals surface area contributed by atoms with Gasteiger partial charge >= 0.3 is 0 Å². The maximum absolute atomic E-state index is 9.57. The number of rotatable bonds is 1. The Hall–Kier alpha value is -0.590. The first kappa shape index (κ1) is 9.95. The van der Waals surface area contributed by atoms with Crippen molar-refractivity contribution >= 4 is 0 Å². The molecule has 1 saturated heterocycles. The van der Waals surface area contributed by atoms with Crippen LogP contribution in [0.25, 0.3) is 0 Å². The Morgan fingerprint density at radius 3 is 2.79 bits per heavy atom. The van der Waals surface area contributed by atoms with Crippen molar-refractivity contribution in [2.45, 2.75) is 44.2 Å². The van der Waals surface area contributed by atoms with Gasteiger partial charge in [0.05, 0.1) is 18.1 Å². The van der Waals surface area contributed by atoms with Gasteiger partial charge in [-0.3, -0.25) is 4.90 Å². The molecule has 1 aliphatic heterocycles. The molecule has 2 aliphatic rings. The topological polar surface area (TPSA) is 47.3 Å². The Morgan fingerprint density at radius 1 is 1.21 bits per heavy atom. The third-order valence-electron chi connectivity index (χ3n) is 3.54. The Kier molecular flexibility index (Phi) is 3.05. The molecular formula is C11H18N2O. The number of aliphatic hydroxyl groups excluding tert-OH is 1. The highest BCUT2D eigenvalue weighted by atomic mass is 16.3. The number of hydrogen-bond donors (Lipinski definition) is 1. The molecule has 0 bridgehead atoms. The molecule has 0 spiro atoms. The van der Waals surface area contributed by atoms with Crippen LogP contribution in [-0.4, -0.2) is 35.2 Å². The van der Waals surface area contributed by atoms with E-state index in [4.69, 9.17) is 5.26 Å². The third kappa shape index (κ3) is 1.92. The van der Waals surface area contributed by atoms with E-state index >= 15 is 0 Å². The van der Waals surface area contributed by atoms with E-state index in [2.05, 4.69) is 11.0 Å². The highest BCUT2D eigenvalue weighted by Crippen LogP contribution is 2.31. The Morgan fingerprint density at radius 2 is 2.07 bits per heavy atom. The number of hydrogen-bond acceptors (Lipinski definition) is 3. The van der Waals surface area contributed by atoms with Gasteiger partial charge in [0.15, 0.2) is 0 Å². The van der Waals surface area contributed by atoms with Crippen LogP contribution in [0.5, 0.6) is 0 Å². The van der Waals surface area contributed by atoms with Gasteiger partial charge in [0.25, 0.3) is 0 Å². The summed E-state index contributed by atoms with van der Waals surface area (Å²) in [4.78, 5) is 2.33. The fraction of sp³-hybridized carbons (Fsp3) is 0.909. The third-order valence-corrected chi connectivity index (χ3v) is 3.54. The van der Waals surface area contributed by atoms with E-state index in [9.17, 15) is 5.11 Å². The van der Waals surface area contributed by atoms with Crippen molar-refractivity contribution in [3.8, 4) is 6.07 Å². The fourth-order valence-electron chi connectivity index (χ4n) is 2.81. The van der Waals surface area contributed by atoms with Gasteiger partial charge in [0, 0.05) is 12.6 Å². The molecule has 1 saturated carbocycles. The number of aliphatic hydroxyl groups is 1. The smallest absolute Gasteiger partial charge is 0.0672 e. The second kappa shape index (κ2) is 4.29. The summed E-state index contributed by atoms with van der Waals surface area (Å²) in [6, 6.07) is 2.83. The van der Waals surface area contributed by atoms with Crippen LogP contribution in [0.2, 0.25) is 0 Å². The molecule has 0 aromatic carbocycles. The van der Waals surface area contributed by atoms with Crippen LogP contribution in [0.1, 0.15) is 32.1 Å². The molecule has 3 atom stereocenters. The highest BCUT2D eigenvalue weighted by Gasteiger charge is 2.34. The summed E-state index contributed by atoms with van der Waals surface area (Å²) in [6.45, 7) is 1.85.